The van der Waals surface area contributed by atoms with E-state index in [2.05, 4.69) is 24.3 Å². The van der Waals surface area contributed by atoms with Crippen molar-refractivity contribution in [1.29, 1.82) is 0 Å². The van der Waals surface area contributed by atoms with Crippen LogP contribution < -0.4 is 5.73 Å². The number of fused-ring (bicyclic) bond motifs is 3. The summed E-state index contributed by atoms with van der Waals surface area (Å²) in [6.45, 7) is 0.751. The van der Waals surface area contributed by atoms with Crippen LogP contribution >= 0.6 is 11.3 Å². The van der Waals surface area contributed by atoms with E-state index in [0.717, 1.165) is 32.2 Å². The second-order valence-corrected chi connectivity index (χ2v) is 5.60. The van der Waals surface area contributed by atoms with Crippen molar-refractivity contribution in [3.8, 4) is 11.3 Å². The van der Waals surface area contributed by atoms with Crippen molar-refractivity contribution in [2.24, 2.45) is 5.73 Å². The minimum Gasteiger partial charge on any atom is -0.330 e. The van der Waals surface area contributed by atoms with Crippen LogP contribution in [0.15, 0.2) is 24.3 Å². The summed E-state index contributed by atoms with van der Waals surface area (Å²) >= 11 is 1.87. The van der Waals surface area contributed by atoms with Gasteiger partial charge >= 0.3 is 0 Å². The molecule has 0 fully saturated rings. The number of nitrogens with two attached hydrogens (primary N) is 1. The molecule has 1 aliphatic rings. The van der Waals surface area contributed by atoms with Gasteiger partial charge in [0.25, 0.3) is 0 Å². The van der Waals surface area contributed by atoms with E-state index in [0.29, 0.717) is 0 Å². The minimum atomic E-state index is 0.751. The van der Waals surface area contributed by atoms with Gasteiger partial charge in [0, 0.05) is 16.9 Å². The first-order valence-electron chi connectivity index (χ1n) is 6.15. The van der Waals surface area contributed by atoms with Crippen molar-refractivity contribution in [3.63, 3.8) is 0 Å². The molecule has 1 heterocycles. The normalized spacial score (nSPS) is 13.2. The molecule has 2 N–H and O–H groups in total. The summed E-state index contributed by atoms with van der Waals surface area (Å²) in [6, 6.07) is 8.63. The Morgan fingerprint density at radius 1 is 1.24 bits per heavy atom. The molecule has 17 heavy (non-hydrogen) atoms. The Morgan fingerprint density at radius 3 is 3.00 bits per heavy atom. The zero-order chi connectivity index (χ0) is 11.7. The third-order valence-corrected chi connectivity index (χ3v) is 4.41. The van der Waals surface area contributed by atoms with E-state index in [4.69, 9.17) is 10.7 Å². The number of nitrogens with zero attached hydrogens (tertiary/aromatic N) is 1. The lowest BCUT2D eigenvalue weighted by Crippen LogP contribution is -2.01. The van der Waals surface area contributed by atoms with Crippen LogP contribution in [0.5, 0.6) is 0 Å². The summed E-state index contributed by atoms with van der Waals surface area (Å²) < 4.78 is 0. The van der Waals surface area contributed by atoms with E-state index >= 15 is 0 Å². The van der Waals surface area contributed by atoms with E-state index < -0.39 is 0 Å². The molecule has 0 bridgehead atoms. The summed E-state index contributed by atoms with van der Waals surface area (Å²) in [4.78, 5) is 6.25. The summed E-state index contributed by atoms with van der Waals surface area (Å²) in [5, 5.41) is 1.25. The molecule has 0 unspecified atom stereocenters. The summed E-state index contributed by atoms with van der Waals surface area (Å²) in [6.07, 6.45) is 4.36. The Bertz CT molecular complexity index is 531. The highest BCUT2D eigenvalue weighted by Gasteiger charge is 2.19. The van der Waals surface area contributed by atoms with E-state index in [1.54, 1.807) is 0 Å². The Morgan fingerprint density at radius 2 is 2.12 bits per heavy atom. The highest BCUT2D eigenvalue weighted by Crippen LogP contribution is 2.36. The molecule has 0 saturated carbocycles. The van der Waals surface area contributed by atoms with Crippen LogP contribution in [0, 0.1) is 0 Å². The van der Waals surface area contributed by atoms with Crippen molar-refractivity contribution in [2.45, 2.75) is 25.7 Å². The number of hydrogen-bond acceptors (Lipinski definition) is 3. The van der Waals surface area contributed by atoms with Gasteiger partial charge in [0.05, 0.1) is 10.7 Å². The number of hydrogen-bond donors (Lipinski definition) is 1. The molecule has 1 aromatic heterocycles. The predicted octanol–water partition coefficient (Wildman–Crippen LogP) is 2.80. The van der Waals surface area contributed by atoms with Crippen molar-refractivity contribution in [3.05, 3.63) is 39.7 Å². The summed E-state index contributed by atoms with van der Waals surface area (Å²) in [7, 11) is 0. The number of aromatic nitrogens is 1. The Kier molecular flexibility index (Phi) is 2.95. The maximum Gasteiger partial charge on any atom is 0.0935 e. The Hall–Kier alpha value is -1.19. The lowest BCUT2D eigenvalue weighted by Gasteiger charge is -2.13. The molecular weight excluding hydrogens is 228 g/mol. The fourth-order valence-corrected chi connectivity index (χ4v) is 3.48. The van der Waals surface area contributed by atoms with Gasteiger partial charge in [-0.3, -0.25) is 0 Å². The van der Waals surface area contributed by atoms with E-state index in [1.807, 2.05) is 11.3 Å². The van der Waals surface area contributed by atoms with Crippen LogP contribution in [0.25, 0.3) is 11.3 Å². The quantitative estimate of drug-likeness (QED) is 0.901. The number of aryl methyl sites for hydroxylation is 3. The van der Waals surface area contributed by atoms with Crippen molar-refractivity contribution >= 4 is 11.3 Å². The van der Waals surface area contributed by atoms with Gasteiger partial charge in [0.15, 0.2) is 0 Å². The second-order valence-electron chi connectivity index (χ2n) is 4.43. The maximum atomic E-state index is 5.55. The third kappa shape index (κ3) is 2.01. The molecule has 0 atom stereocenters. The molecule has 2 nitrogen and oxygen atoms in total. The molecule has 3 heteroatoms. The van der Waals surface area contributed by atoms with Crippen molar-refractivity contribution < 1.29 is 0 Å². The summed E-state index contributed by atoms with van der Waals surface area (Å²) in [5.74, 6) is 0. The SMILES string of the molecule is NCCCc1nc2c(s1)CCc1ccccc1-2. The van der Waals surface area contributed by atoms with Gasteiger partial charge < -0.3 is 5.73 Å². The maximum absolute atomic E-state index is 5.55. The average Bonchev–Trinajstić information content (AvgIpc) is 2.79. The first-order valence-corrected chi connectivity index (χ1v) is 6.97. The molecule has 0 saturated heterocycles. The fraction of sp³-hybridized carbons (Fsp3) is 0.357. The zero-order valence-electron chi connectivity index (χ0n) is 9.78. The molecule has 0 spiro atoms. The Balaban J connectivity index is 1.98. The molecular formula is C14H16N2S. The smallest absolute Gasteiger partial charge is 0.0935 e. The van der Waals surface area contributed by atoms with Gasteiger partial charge in [0.2, 0.25) is 0 Å². The van der Waals surface area contributed by atoms with Crippen LogP contribution in [0.3, 0.4) is 0 Å². The first-order chi connectivity index (χ1) is 8.38. The van der Waals surface area contributed by atoms with Gasteiger partial charge in [-0.25, -0.2) is 4.98 Å². The largest absolute Gasteiger partial charge is 0.330 e. The van der Waals surface area contributed by atoms with Crippen LogP contribution in [-0.4, -0.2) is 11.5 Å². The zero-order valence-corrected chi connectivity index (χ0v) is 10.6. The molecule has 0 amide bonds. The highest BCUT2D eigenvalue weighted by atomic mass is 32.1. The second kappa shape index (κ2) is 4.59. The van der Waals surface area contributed by atoms with Gasteiger partial charge in [0.1, 0.15) is 0 Å². The molecule has 2 aromatic rings. The van der Waals surface area contributed by atoms with E-state index in [1.165, 1.54) is 26.7 Å². The van der Waals surface area contributed by atoms with Crippen molar-refractivity contribution in [2.75, 3.05) is 6.54 Å². The van der Waals surface area contributed by atoms with Gasteiger partial charge in [-0.05, 0) is 31.4 Å². The number of benzene rings is 1. The molecule has 1 aliphatic carbocycles. The van der Waals surface area contributed by atoms with Crippen LogP contribution in [-0.2, 0) is 19.3 Å². The lowest BCUT2D eigenvalue weighted by molar-refractivity contribution is 0.826. The molecule has 0 radical (unpaired) electrons. The predicted molar refractivity (Wildman–Crippen MR) is 72.3 cm³/mol. The average molecular weight is 244 g/mol. The standard InChI is InChI=1S/C14H16N2S/c15-9-3-6-13-16-14-11-5-2-1-4-10(11)7-8-12(14)17-13/h1-2,4-5H,3,6-9,15H2. The number of thiazole rings is 1. The summed E-state index contributed by atoms with van der Waals surface area (Å²) in [5.41, 5.74) is 9.56. The van der Waals surface area contributed by atoms with Crippen molar-refractivity contribution in [1.82, 2.24) is 4.98 Å². The van der Waals surface area contributed by atoms with E-state index in [9.17, 15) is 0 Å². The molecule has 3 rings (SSSR count). The number of rotatable bonds is 3. The van der Waals surface area contributed by atoms with Crippen LogP contribution in [0.4, 0.5) is 0 Å². The third-order valence-electron chi connectivity index (χ3n) is 3.23. The van der Waals surface area contributed by atoms with Gasteiger partial charge in [-0.1, -0.05) is 24.3 Å². The first kappa shape index (κ1) is 10.9. The molecule has 1 aromatic carbocycles. The van der Waals surface area contributed by atoms with Crippen LogP contribution in [0.2, 0.25) is 0 Å². The topological polar surface area (TPSA) is 38.9 Å². The van der Waals surface area contributed by atoms with Gasteiger partial charge in [-0.2, -0.15) is 0 Å². The molecule has 88 valence electrons. The van der Waals surface area contributed by atoms with Gasteiger partial charge in [-0.15, -0.1) is 11.3 Å². The lowest BCUT2D eigenvalue weighted by atomic mass is 9.94. The monoisotopic (exact) mass is 244 g/mol. The highest BCUT2D eigenvalue weighted by molar-refractivity contribution is 7.12. The van der Waals surface area contributed by atoms with Crippen LogP contribution in [0.1, 0.15) is 21.9 Å². The van der Waals surface area contributed by atoms with E-state index in [-0.39, 0.29) is 0 Å². The minimum absolute atomic E-state index is 0.751. The molecule has 0 aliphatic heterocycles. The fourth-order valence-electron chi connectivity index (χ4n) is 2.36. The Labute approximate surface area is 106 Å².